The number of carbonyl (C=O) groups excluding carboxylic acids is 1. The predicted octanol–water partition coefficient (Wildman–Crippen LogP) is 3.18. The van der Waals surface area contributed by atoms with Crippen LogP contribution in [-0.4, -0.2) is 28.9 Å². The van der Waals surface area contributed by atoms with Crippen LogP contribution in [0.15, 0.2) is 36.7 Å². The normalized spacial score (nSPS) is 17.0. The van der Waals surface area contributed by atoms with Crippen LogP contribution in [0.4, 0.5) is 5.69 Å². The molecule has 1 N–H and O–H groups in total. The molecule has 1 saturated heterocycles. The molecule has 122 valence electrons. The van der Waals surface area contributed by atoms with Crippen molar-refractivity contribution in [1.82, 2.24) is 9.78 Å². The molecule has 1 aliphatic heterocycles. The maximum Gasteiger partial charge on any atom is 0.227 e. The van der Waals surface area contributed by atoms with Crippen molar-refractivity contribution < 1.29 is 9.53 Å². The van der Waals surface area contributed by atoms with Crippen molar-refractivity contribution >= 4 is 11.6 Å². The number of ether oxygens (including phenoxy) is 1. The molecule has 3 rings (SSSR count). The number of benzene rings is 1. The molecule has 1 aromatic carbocycles. The zero-order valence-electron chi connectivity index (χ0n) is 13.7. The van der Waals surface area contributed by atoms with E-state index in [-0.39, 0.29) is 11.8 Å². The zero-order valence-corrected chi connectivity index (χ0v) is 13.7. The summed E-state index contributed by atoms with van der Waals surface area (Å²) < 4.78 is 7.17. The van der Waals surface area contributed by atoms with Crippen molar-refractivity contribution in [2.24, 2.45) is 11.8 Å². The summed E-state index contributed by atoms with van der Waals surface area (Å²) in [4.78, 5) is 12.6. The molecule has 5 nitrogen and oxygen atoms in total. The van der Waals surface area contributed by atoms with Crippen LogP contribution in [0.2, 0.25) is 0 Å². The Morgan fingerprint density at radius 1 is 1.39 bits per heavy atom. The van der Waals surface area contributed by atoms with Gasteiger partial charge in [0, 0.05) is 37.2 Å². The highest BCUT2D eigenvalue weighted by molar-refractivity contribution is 5.93. The van der Waals surface area contributed by atoms with Crippen molar-refractivity contribution in [3.63, 3.8) is 0 Å². The average Bonchev–Trinajstić information content (AvgIpc) is 3.11. The molecule has 1 unspecified atom stereocenters. The van der Waals surface area contributed by atoms with Gasteiger partial charge in [-0.2, -0.15) is 5.10 Å². The van der Waals surface area contributed by atoms with Gasteiger partial charge in [0.05, 0.1) is 5.69 Å². The van der Waals surface area contributed by atoms with Crippen LogP contribution in [0.3, 0.4) is 0 Å². The van der Waals surface area contributed by atoms with Crippen LogP contribution in [0.5, 0.6) is 0 Å². The first-order valence-electron chi connectivity index (χ1n) is 8.14. The van der Waals surface area contributed by atoms with E-state index >= 15 is 0 Å². The van der Waals surface area contributed by atoms with Gasteiger partial charge >= 0.3 is 0 Å². The van der Waals surface area contributed by atoms with E-state index in [0.29, 0.717) is 5.92 Å². The summed E-state index contributed by atoms with van der Waals surface area (Å²) in [6.07, 6.45) is 5.55. The molecule has 1 atom stereocenters. The molecular weight excluding hydrogens is 290 g/mol. The smallest absolute Gasteiger partial charge is 0.227 e. The average molecular weight is 313 g/mol. The van der Waals surface area contributed by atoms with Crippen LogP contribution in [0.25, 0.3) is 5.69 Å². The van der Waals surface area contributed by atoms with Crippen LogP contribution in [-0.2, 0) is 9.53 Å². The Kier molecular flexibility index (Phi) is 4.76. The van der Waals surface area contributed by atoms with E-state index in [4.69, 9.17) is 4.74 Å². The predicted molar refractivity (Wildman–Crippen MR) is 89.6 cm³/mol. The lowest BCUT2D eigenvalue weighted by atomic mass is 9.86. The lowest BCUT2D eigenvalue weighted by molar-refractivity contribution is -0.122. The molecule has 0 bridgehead atoms. The fraction of sp³-hybridized carbons (Fsp3) is 0.444. The number of aryl methyl sites for hydroxylation is 1. The molecule has 2 aromatic rings. The summed E-state index contributed by atoms with van der Waals surface area (Å²) in [6.45, 7) is 5.53. The molecule has 0 radical (unpaired) electrons. The van der Waals surface area contributed by atoms with Gasteiger partial charge in [0.2, 0.25) is 5.91 Å². The van der Waals surface area contributed by atoms with E-state index in [0.717, 1.165) is 43.0 Å². The topological polar surface area (TPSA) is 56.2 Å². The first kappa shape index (κ1) is 15.7. The van der Waals surface area contributed by atoms with E-state index in [2.05, 4.69) is 10.4 Å². The minimum absolute atomic E-state index is 0.00772. The summed E-state index contributed by atoms with van der Waals surface area (Å²) in [5.74, 6) is 0.475. The van der Waals surface area contributed by atoms with Crippen LogP contribution in [0.1, 0.15) is 25.3 Å². The standard InChI is InChI=1S/C18H23N3O2/c1-13-4-5-16(21-9-3-8-19-21)12-17(13)20-18(22)14(2)15-6-10-23-11-7-15/h3-5,8-9,12,14-15H,6-7,10-11H2,1-2H3,(H,20,22). The van der Waals surface area contributed by atoms with Gasteiger partial charge in [-0.05, 0) is 49.4 Å². The quantitative estimate of drug-likeness (QED) is 0.943. The van der Waals surface area contributed by atoms with Crippen molar-refractivity contribution in [3.8, 4) is 5.69 Å². The van der Waals surface area contributed by atoms with Crippen molar-refractivity contribution in [2.45, 2.75) is 26.7 Å². The lowest BCUT2D eigenvalue weighted by Gasteiger charge is -2.27. The molecule has 1 fully saturated rings. The molecule has 1 aliphatic rings. The fourth-order valence-corrected chi connectivity index (χ4v) is 2.99. The second kappa shape index (κ2) is 6.96. The lowest BCUT2D eigenvalue weighted by Crippen LogP contribution is -2.31. The van der Waals surface area contributed by atoms with E-state index in [9.17, 15) is 4.79 Å². The zero-order chi connectivity index (χ0) is 16.2. The first-order valence-corrected chi connectivity index (χ1v) is 8.14. The second-order valence-electron chi connectivity index (χ2n) is 6.18. The van der Waals surface area contributed by atoms with E-state index in [1.807, 2.05) is 44.3 Å². The molecule has 0 aliphatic carbocycles. The Morgan fingerprint density at radius 3 is 2.87 bits per heavy atom. The largest absolute Gasteiger partial charge is 0.381 e. The Balaban J connectivity index is 1.73. The molecule has 0 saturated carbocycles. The third kappa shape index (κ3) is 3.62. The highest BCUT2D eigenvalue weighted by Gasteiger charge is 2.26. The Labute approximate surface area is 136 Å². The highest BCUT2D eigenvalue weighted by Crippen LogP contribution is 2.26. The maximum absolute atomic E-state index is 12.6. The number of nitrogens with zero attached hydrogens (tertiary/aromatic N) is 2. The van der Waals surface area contributed by atoms with E-state index < -0.39 is 0 Å². The van der Waals surface area contributed by atoms with Gasteiger partial charge in [-0.25, -0.2) is 4.68 Å². The molecule has 0 spiro atoms. The second-order valence-corrected chi connectivity index (χ2v) is 6.18. The van der Waals surface area contributed by atoms with Gasteiger partial charge in [-0.3, -0.25) is 4.79 Å². The van der Waals surface area contributed by atoms with Crippen LogP contribution < -0.4 is 5.32 Å². The molecule has 23 heavy (non-hydrogen) atoms. The van der Waals surface area contributed by atoms with Crippen LogP contribution >= 0.6 is 0 Å². The Bertz CT molecular complexity index is 661. The minimum Gasteiger partial charge on any atom is -0.381 e. The maximum atomic E-state index is 12.6. The van der Waals surface area contributed by atoms with Gasteiger partial charge < -0.3 is 10.1 Å². The summed E-state index contributed by atoms with van der Waals surface area (Å²) in [6, 6.07) is 7.86. The number of anilines is 1. The third-order valence-electron chi connectivity index (χ3n) is 4.63. The number of hydrogen-bond donors (Lipinski definition) is 1. The number of nitrogens with one attached hydrogen (secondary N) is 1. The summed E-state index contributed by atoms with van der Waals surface area (Å²) in [7, 11) is 0. The summed E-state index contributed by atoms with van der Waals surface area (Å²) >= 11 is 0. The molecule has 5 heteroatoms. The van der Waals surface area contributed by atoms with Crippen molar-refractivity contribution in [1.29, 1.82) is 0 Å². The number of hydrogen-bond acceptors (Lipinski definition) is 3. The van der Waals surface area contributed by atoms with Crippen molar-refractivity contribution in [2.75, 3.05) is 18.5 Å². The fourth-order valence-electron chi connectivity index (χ4n) is 2.99. The molecular formula is C18H23N3O2. The Hall–Kier alpha value is -2.14. The number of amides is 1. The first-order chi connectivity index (χ1) is 11.1. The minimum atomic E-state index is -0.00772. The molecule has 1 aromatic heterocycles. The van der Waals surface area contributed by atoms with E-state index in [1.54, 1.807) is 10.9 Å². The van der Waals surface area contributed by atoms with Gasteiger partial charge in [-0.1, -0.05) is 13.0 Å². The summed E-state index contributed by atoms with van der Waals surface area (Å²) in [5.41, 5.74) is 2.84. The molecule has 1 amide bonds. The van der Waals surface area contributed by atoms with Gasteiger partial charge in [0.15, 0.2) is 0 Å². The third-order valence-corrected chi connectivity index (χ3v) is 4.63. The SMILES string of the molecule is Cc1ccc(-n2cccn2)cc1NC(=O)C(C)C1CCOCC1. The van der Waals surface area contributed by atoms with Gasteiger partial charge in [0.1, 0.15) is 0 Å². The number of aromatic nitrogens is 2. The highest BCUT2D eigenvalue weighted by atomic mass is 16.5. The van der Waals surface area contributed by atoms with Crippen molar-refractivity contribution in [3.05, 3.63) is 42.2 Å². The monoisotopic (exact) mass is 313 g/mol. The Morgan fingerprint density at radius 2 is 2.17 bits per heavy atom. The number of rotatable bonds is 4. The van der Waals surface area contributed by atoms with Gasteiger partial charge in [0.25, 0.3) is 0 Å². The molecule has 2 heterocycles. The summed E-state index contributed by atoms with van der Waals surface area (Å²) in [5, 5.41) is 7.32. The number of carbonyl (C=O) groups is 1. The van der Waals surface area contributed by atoms with Gasteiger partial charge in [-0.15, -0.1) is 0 Å². The van der Waals surface area contributed by atoms with E-state index in [1.165, 1.54) is 0 Å². The van der Waals surface area contributed by atoms with Crippen LogP contribution in [0, 0.1) is 18.8 Å².